The van der Waals surface area contributed by atoms with Crippen LogP contribution in [0.3, 0.4) is 0 Å². The summed E-state index contributed by atoms with van der Waals surface area (Å²) >= 11 is 0. The van der Waals surface area contributed by atoms with E-state index in [0.717, 1.165) is 32.5 Å². The number of nitrogens with two attached hydrogens (primary N) is 1. The Balaban J connectivity index is 1.58. The van der Waals surface area contributed by atoms with Crippen molar-refractivity contribution in [3.05, 3.63) is 53.7 Å². The van der Waals surface area contributed by atoms with E-state index in [1.165, 1.54) is 11.8 Å². The average Bonchev–Trinajstić information content (AvgIpc) is 3.09. The van der Waals surface area contributed by atoms with Crippen LogP contribution in [0, 0.1) is 5.92 Å². The van der Waals surface area contributed by atoms with Gasteiger partial charge in [-0.05, 0) is 43.5 Å². The Morgan fingerprint density at radius 2 is 2.26 bits per heavy atom. The Hall–Kier alpha value is -2.67. The normalized spacial score (nSPS) is 17.3. The van der Waals surface area contributed by atoms with Crippen LogP contribution in [0.4, 0.5) is 0 Å². The van der Waals surface area contributed by atoms with E-state index in [1.54, 1.807) is 12.3 Å². The van der Waals surface area contributed by atoms with Crippen LogP contribution >= 0.6 is 0 Å². The first-order valence-electron chi connectivity index (χ1n) is 9.24. The molecule has 1 saturated heterocycles. The number of carbonyl (C=O) groups is 2. The molecule has 3 heterocycles. The van der Waals surface area contributed by atoms with Gasteiger partial charge in [-0.1, -0.05) is 6.07 Å². The van der Waals surface area contributed by atoms with Gasteiger partial charge in [0, 0.05) is 38.6 Å². The van der Waals surface area contributed by atoms with E-state index in [1.807, 2.05) is 17.2 Å². The number of piperidine rings is 1. The minimum absolute atomic E-state index is 0.0564. The van der Waals surface area contributed by atoms with E-state index in [0.29, 0.717) is 23.8 Å². The zero-order chi connectivity index (χ0) is 19.2. The summed E-state index contributed by atoms with van der Waals surface area (Å²) in [6.45, 7) is 3.18. The molecule has 7 heteroatoms. The number of rotatable bonds is 7. The second-order valence-electron chi connectivity index (χ2n) is 7.22. The lowest BCUT2D eigenvalue weighted by molar-refractivity contribution is -0.117. The Morgan fingerprint density at radius 3 is 3.00 bits per heavy atom. The molecule has 0 bridgehead atoms. The summed E-state index contributed by atoms with van der Waals surface area (Å²) in [6, 6.07) is 5.64. The Labute approximate surface area is 159 Å². The third-order valence-electron chi connectivity index (χ3n) is 4.86. The lowest BCUT2D eigenvalue weighted by Gasteiger charge is -2.34. The van der Waals surface area contributed by atoms with E-state index >= 15 is 0 Å². The van der Waals surface area contributed by atoms with Crippen molar-refractivity contribution in [3.8, 4) is 0 Å². The second-order valence-corrected chi connectivity index (χ2v) is 7.22. The summed E-state index contributed by atoms with van der Waals surface area (Å²) in [6.07, 6.45) is 7.11. The highest BCUT2D eigenvalue weighted by atomic mass is 16.3. The standard InChI is InChI=1S/C20H26N4O3/c1-23(12-15-4-2-7-22-11-15)13-16-5-3-8-24(14-16)20(26)17-6-9-27-18(17)10-19(21)25/h2,4,6-7,9,11,16H,3,5,8,10,12-14H2,1H3,(H2,21,25). The molecule has 1 unspecified atom stereocenters. The zero-order valence-corrected chi connectivity index (χ0v) is 15.6. The van der Waals surface area contributed by atoms with Gasteiger partial charge in [0.05, 0.1) is 18.2 Å². The maximum absolute atomic E-state index is 12.9. The quantitative estimate of drug-likeness (QED) is 0.801. The predicted octanol–water partition coefficient (Wildman–Crippen LogP) is 1.69. The molecule has 0 aliphatic carbocycles. The molecule has 3 rings (SSSR count). The van der Waals surface area contributed by atoms with Gasteiger partial charge in [-0.3, -0.25) is 14.6 Å². The smallest absolute Gasteiger partial charge is 0.257 e. The molecule has 1 atom stereocenters. The topological polar surface area (TPSA) is 92.7 Å². The molecular formula is C20H26N4O3. The first kappa shape index (κ1) is 19.1. The molecule has 2 N–H and O–H groups in total. The van der Waals surface area contributed by atoms with Crippen LogP contribution < -0.4 is 5.73 Å². The van der Waals surface area contributed by atoms with Crippen LogP contribution in [0.25, 0.3) is 0 Å². The lowest BCUT2D eigenvalue weighted by atomic mass is 9.96. The van der Waals surface area contributed by atoms with Crippen molar-refractivity contribution in [3.63, 3.8) is 0 Å². The first-order valence-corrected chi connectivity index (χ1v) is 9.24. The van der Waals surface area contributed by atoms with Crippen molar-refractivity contribution in [1.29, 1.82) is 0 Å². The van der Waals surface area contributed by atoms with Gasteiger partial charge < -0.3 is 20.0 Å². The van der Waals surface area contributed by atoms with Crippen molar-refractivity contribution in [2.24, 2.45) is 11.7 Å². The summed E-state index contributed by atoms with van der Waals surface area (Å²) in [4.78, 5) is 32.3. The number of likely N-dealkylation sites (tertiary alicyclic amines) is 1. The monoisotopic (exact) mass is 370 g/mol. The average molecular weight is 370 g/mol. The molecule has 2 aromatic heterocycles. The molecule has 1 fully saturated rings. The molecule has 7 nitrogen and oxygen atoms in total. The van der Waals surface area contributed by atoms with Crippen LogP contribution in [0.15, 0.2) is 41.3 Å². The fourth-order valence-corrected chi connectivity index (χ4v) is 3.70. The van der Waals surface area contributed by atoms with Gasteiger partial charge >= 0.3 is 0 Å². The summed E-state index contributed by atoms with van der Waals surface area (Å²) < 4.78 is 5.28. The molecule has 2 amide bonds. The first-order chi connectivity index (χ1) is 13.0. The van der Waals surface area contributed by atoms with Crippen molar-refractivity contribution < 1.29 is 14.0 Å². The van der Waals surface area contributed by atoms with Gasteiger partial charge in [-0.25, -0.2) is 0 Å². The van der Waals surface area contributed by atoms with Gasteiger partial charge in [0.2, 0.25) is 5.91 Å². The van der Waals surface area contributed by atoms with Crippen molar-refractivity contribution in [2.75, 3.05) is 26.7 Å². The number of amides is 2. The van der Waals surface area contributed by atoms with Gasteiger partial charge in [-0.2, -0.15) is 0 Å². The number of aromatic nitrogens is 1. The summed E-state index contributed by atoms with van der Waals surface area (Å²) in [5, 5.41) is 0. The number of pyridine rings is 1. The van der Waals surface area contributed by atoms with E-state index in [9.17, 15) is 9.59 Å². The Morgan fingerprint density at radius 1 is 1.41 bits per heavy atom. The number of hydrogen-bond acceptors (Lipinski definition) is 5. The highest BCUT2D eigenvalue weighted by molar-refractivity contribution is 5.96. The molecule has 0 aromatic carbocycles. The maximum Gasteiger partial charge on any atom is 0.257 e. The van der Waals surface area contributed by atoms with Gasteiger partial charge in [0.25, 0.3) is 5.91 Å². The van der Waals surface area contributed by atoms with Gasteiger partial charge in [0.1, 0.15) is 5.76 Å². The summed E-state index contributed by atoms with van der Waals surface area (Å²) in [7, 11) is 2.09. The lowest BCUT2D eigenvalue weighted by Crippen LogP contribution is -2.43. The number of furan rings is 1. The van der Waals surface area contributed by atoms with Crippen LogP contribution in [0.5, 0.6) is 0 Å². The summed E-state index contributed by atoms with van der Waals surface area (Å²) in [5.74, 6) is 0.173. The van der Waals surface area contributed by atoms with Crippen molar-refractivity contribution >= 4 is 11.8 Å². The molecule has 0 saturated carbocycles. The van der Waals surface area contributed by atoms with Gasteiger partial charge in [-0.15, -0.1) is 0 Å². The molecule has 144 valence electrons. The molecular weight excluding hydrogens is 344 g/mol. The molecule has 2 aromatic rings. The predicted molar refractivity (Wildman–Crippen MR) is 101 cm³/mol. The molecule has 1 aliphatic heterocycles. The molecule has 1 aliphatic rings. The Kier molecular flexibility index (Phi) is 6.24. The van der Waals surface area contributed by atoms with Crippen LogP contribution in [0.1, 0.15) is 34.5 Å². The SMILES string of the molecule is CN(Cc1cccnc1)CC1CCCN(C(=O)c2ccoc2CC(N)=O)C1. The van der Waals surface area contributed by atoms with E-state index < -0.39 is 5.91 Å². The fraction of sp³-hybridized carbons (Fsp3) is 0.450. The molecule has 0 spiro atoms. The largest absolute Gasteiger partial charge is 0.468 e. The zero-order valence-electron chi connectivity index (χ0n) is 15.6. The maximum atomic E-state index is 12.9. The number of carbonyl (C=O) groups excluding carboxylic acids is 2. The highest BCUT2D eigenvalue weighted by Crippen LogP contribution is 2.22. The fourth-order valence-electron chi connectivity index (χ4n) is 3.70. The van der Waals surface area contributed by atoms with Crippen LogP contribution in [0.2, 0.25) is 0 Å². The minimum Gasteiger partial charge on any atom is -0.468 e. The Bertz CT molecular complexity index is 775. The van der Waals surface area contributed by atoms with E-state index in [2.05, 4.69) is 23.0 Å². The molecule has 0 radical (unpaired) electrons. The van der Waals surface area contributed by atoms with Crippen LogP contribution in [-0.2, 0) is 17.8 Å². The molecule has 27 heavy (non-hydrogen) atoms. The third-order valence-corrected chi connectivity index (χ3v) is 4.86. The van der Waals surface area contributed by atoms with Crippen molar-refractivity contribution in [2.45, 2.75) is 25.8 Å². The summed E-state index contributed by atoms with van der Waals surface area (Å²) in [5.41, 5.74) is 6.86. The van der Waals surface area contributed by atoms with E-state index in [4.69, 9.17) is 10.2 Å². The van der Waals surface area contributed by atoms with Crippen LogP contribution in [-0.4, -0.2) is 53.3 Å². The highest BCUT2D eigenvalue weighted by Gasteiger charge is 2.27. The third kappa shape index (κ3) is 5.17. The second kappa shape index (κ2) is 8.81. The number of primary amides is 1. The number of hydrogen-bond donors (Lipinski definition) is 1. The number of nitrogens with zero attached hydrogens (tertiary/aromatic N) is 3. The minimum atomic E-state index is -0.507. The van der Waals surface area contributed by atoms with Crippen molar-refractivity contribution in [1.82, 2.24) is 14.8 Å². The van der Waals surface area contributed by atoms with E-state index in [-0.39, 0.29) is 12.3 Å². The van der Waals surface area contributed by atoms with Gasteiger partial charge in [0.15, 0.2) is 0 Å².